The summed E-state index contributed by atoms with van der Waals surface area (Å²) in [6.07, 6.45) is 8.80. The van der Waals surface area contributed by atoms with Crippen LogP contribution in [-0.2, 0) is 4.74 Å². The van der Waals surface area contributed by atoms with E-state index < -0.39 is 0 Å². The maximum absolute atomic E-state index is 9.49. The van der Waals surface area contributed by atoms with Gasteiger partial charge in [-0.2, -0.15) is 0 Å². The lowest BCUT2D eigenvalue weighted by Crippen LogP contribution is -1.94. The zero-order valence-corrected chi connectivity index (χ0v) is 9.36. The third kappa shape index (κ3) is 5.03. The number of hydrogen-bond donors (Lipinski definition) is 1. The minimum Gasteiger partial charge on any atom is -0.510 e. The highest BCUT2D eigenvalue weighted by Gasteiger charge is 1.97. The van der Waals surface area contributed by atoms with Crippen LogP contribution in [0.3, 0.4) is 0 Å². The molecule has 0 aromatic rings. The first-order valence-corrected chi connectivity index (χ1v) is 4.69. The van der Waals surface area contributed by atoms with E-state index in [2.05, 4.69) is 13.2 Å². The van der Waals surface area contributed by atoms with Crippen molar-refractivity contribution in [3.63, 3.8) is 0 Å². The predicted molar refractivity (Wildman–Crippen MR) is 64.8 cm³/mol. The van der Waals surface area contributed by atoms with Gasteiger partial charge in [0, 0.05) is 7.11 Å². The van der Waals surface area contributed by atoms with Crippen molar-refractivity contribution in [2.24, 2.45) is 0 Å². The van der Waals surface area contributed by atoms with Crippen LogP contribution in [0.15, 0.2) is 60.4 Å². The average Bonchev–Trinajstić information content (AvgIpc) is 2.20. The molecule has 0 atom stereocenters. The number of aliphatic hydroxyl groups excluding tert-OH is 1. The summed E-state index contributed by atoms with van der Waals surface area (Å²) in [5, 5.41) is 9.49. The van der Waals surface area contributed by atoms with Crippen molar-refractivity contribution in [2.45, 2.75) is 6.92 Å². The van der Waals surface area contributed by atoms with Crippen LogP contribution >= 0.6 is 0 Å². The first-order chi connectivity index (χ1) is 7.19. The maximum atomic E-state index is 9.49. The third-order valence-corrected chi connectivity index (χ3v) is 1.73. The smallest absolute Gasteiger partial charge is 0.119 e. The van der Waals surface area contributed by atoms with Gasteiger partial charge in [0.1, 0.15) is 12.4 Å². The molecular formula is C13H18O2. The molecule has 0 saturated heterocycles. The molecule has 0 aromatic carbocycles. The zero-order chi connectivity index (χ0) is 11.7. The number of ether oxygens (including phenoxy) is 1. The molecule has 0 aliphatic rings. The van der Waals surface area contributed by atoms with Crippen LogP contribution in [0.1, 0.15) is 6.92 Å². The molecule has 0 spiro atoms. The van der Waals surface area contributed by atoms with E-state index in [4.69, 9.17) is 4.74 Å². The van der Waals surface area contributed by atoms with Crippen LogP contribution in [0, 0.1) is 0 Å². The highest BCUT2D eigenvalue weighted by molar-refractivity contribution is 5.45. The molecule has 2 nitrogen and oxygen atoms in total. The van der Waals surface area contributed by atoms with Crippen molar-refractivity contribution in [1.82, 2.24) is 0 Å². The minimum atomic E-state index is 0.173. The molecular weight excluding hydrogens is 188 g/mol. The van der Waals surface area contributed by atoms with Crippen LogP contribution in [0.25, 0.3) is 0 Å². The third-order valence-electron chi connectivity index (χ3n) is 1.73. The van der Waals surface area contributed by atoms with Gasteiger partial charge in [-0.25, -0.2) is 0 Å². The molecule has 0 radical (unpaired) electrons. The summed E-state index contributed by atoms with van der Waals surface area (Å²) in [6, 6.07) is 0. The number of allylic oxidation sites excluding steroid dienone is 7. The second kappa shape index (κ2) is 7.83. The molecule has 0 bridgehead atoms. The number of hydrogen-bond acceptors (Lipinski definition) is 2. The molecule has 0 amide bonds. The lowest BCUT2D eigenvalue weighted by molar-refractivity contribution is 0.183. The lowest BCUT2D eigenvalue weighted by Gasteiger charge is -2.02. The Hall–Kier alpha value is -1.54. The fourth-order valence-corrected chi connectivity index (χ4v) is 1.10. The monoisotopic (exact) mass is 206 g/mol. The van der Waals surface area contributed by atoms with Gasteiger partial charge in [0.15, 0.2) is 0 Å². The van der Waals surface area contributed by atoms with Crippen LogP contribution in [-0.4, -0.2) is 18.8 Å². The van der Waals surface area contributed by atoms with Gasteiger partial charge in [0.2, 0.25) is 0 Å². The topological polar surface area (TPSA) is 29.5 Å². The first-order valence-electron chi connectivity index (χ1n) is 4.69. The minimum absolute atomic E-state index is 0.173. The quantitative estimate of drug-likeness (QED) is 0.533. The molecule has 0 heterocycles. The largest absolute Gasteiger partial charge is 0.510 e. The van der Waals surface area contributed by atoms with E-state index >= 15 is 0 Å². The maximum Gasteiger partial charge on any atom is 0.119 e. The standard InChI is InChI=1S/C13H18O2/c1-5-8-12(11(6-2)7-3)9-13(14)10-15-4/h5-9,14H,2-3,10H2,1,4H3/b8-5-,13-9+. The fourth-order valence-electron chi connectivity index (χ4n) is 1.10. The summed E-state index contributed by atoms with van der Waals surface area (Å²) in [5.74, 6) is 0.173. The van der Waals surface area contributed by atoms with E-state index in [1.54, 1.807) is 18.2 Å². The summed E-state index contributed by atoms with van der Waals surface area (Å²) in [7, 11) is 1.53. The Morgan fingerprint density at radius 3 is 2.27 bits per heavy atom. The van der Waals surface area contributed by atoms with E-state index in [0.717, 1.165) is 11.1 Å². The van der Waals surface area contributed by atoms with E-state index in [9.17, 15) is 5.11 Å². The molecule has 15 heavy (non-hydrogen) atoms. The Kier molecular flexibility index (Phi) is 7.02. The Morgan fingerprint density at radius 2 is 1.87 bits per heavy atom. The first kappa shape index (κ1) is 13.5. The number of methoxy groups -OCH3 is 1. The molecule has 2 heteroatoms. The van der Waals surface area contributed by atoms with E-state index in [-0.39, 0.29) is 12.4 Å². The molecule has 0 aromatic heterocycles. The van der Waals surface area contributed by atoms with Crippen molar-refractivity contribution in [2.75, 3.05) is 13.7 Å². The van der Waals surface area contributed by atoms with Crippen molar-refractivity contribution < 1.29 is 9.84 Å². The van der Waals surface area contributed by atoms with Crippen LogP contribution < -0.4 is 0 Å². The van der Waals surface area contributed by atoms with Gasteiger partial charge in [-0.15, -0.1) is 0 Å². The Bertz CT molecular complexity index is 296. The molecule has 0 unspecified atom stereocenters. The van der Waals surface area contributed by atoms with Crippen molar-refractivity contribution in [3.05, 3.63) is 60.4 Å². The Morgan fingerprint density at radius 1 is 1.27 bits per heavy atom. The predicted octanol–water partition coefficient (Wildman–Crippen LogP) is 3.32. The van der Waals surface area contributed by atoms with Gasteiger partial charge in [-0.05, 0) is 24.1 Å². The molecule has 0 saturated carbocycles. The molecule has 0 aliphatic carbocycles. The second-order valence-corrected chi connectivity index (χ2v) is 2.89. The summed E-state index contributed by atoms with van der Waals surface area (Å²) in [4.78, 5) is 0. The second-order valence-electron chi connectivity index (χ2n) is 2.89. The highest BCUT2D eigenvalue weighted by atomic mass is 16.5. The van der Waals surface area contributed by atoms with E-state index in [1.807, 2.05) is 19.1 Å². The van der Waals surface area contributed by atoms with Gasteiger partial charge in [0.05, 0.1) is 0 Å². The summed E-state index contributed by atoms with van der Waals surface area (Å²) >= 11 is 0. The van der Waals surface area contributed by atoms with Crippen LogP contribution in [0.2, 0.25) is 0 Å². The lowest BCUT2D eigenvalue weighted by atomic mass is 10.1. The van der Waals surface area contributed by atoms with Gasteiger partial charge in [-0.3, -0.25) is 0 Å². The summed E-state index contributed by atoms with van der Waals surface area (Å²) in [5.41, 5.74) is 1.73. The SMILES string of the molecule is C=CC(C=C)=C(/C=C\C)/C=C(/O)COC. The van der Waals surface area contributed by atoms with Gasteiger partial charge in [0.25, 0.3) is 0 Å². The van der Waals surface area contributed by atoms with E-state index in [0.29, 0.717) is 0 Å². The summed E-state index contributed by atoms with van der Waals surface area (Å²) < 4.78 is 4.81. The van der Waals surface area contributed by atoms with Gasteiger partial charge in [-0.1, -0.05) is 37.5 Å². The zero-order valence-electron chi connectivity index (χ0n) is 9.36. The van der Waals surface area contributed by atoms with E-state index in [1.165, 1.54) is 7.11 Å². The average molecular weight is 206 g/mol. The van der Waals surface area contributed by atoms with Crippen LogP contribution in [0.5, 0.6) is 0 Å². The normalized spacial score (nSPS) is 11.5. The van der Waals surface area contributed by atoms with Crippen LogP contribution in [0.4, 0.5) is 0 Å². The molecule has 0 aliphatic heterocycles. The number of rotatable bonds is 6. The molecule has 1 N–H and O–H groups in total. The molecule has 0 rings (SSSR count). The van der Waals surface area contributed by atoms with Crippen molar-refractivity contribution >= 4 is 0 Å². The highest BCUT2D eigenvalue weighted by Crippen LogP contribution is 2.12. The van der Waals surface area contributed by atoms with Crippen molar-refractivity contribution in [3.8, 4) is 0 Å². The van der Waals surface area contributed by atoms with Gasteiger partial charge < -0.3 is 9.84 Å². The summed E-state index contributed by atoms with van der Waals surface area (Å²) in [6.45, 7) is 9.47. The Balaban J connectivity index is 5.13. The Labute approximate surface area is 91.6 Å². The number of aliphatic hydroxyl groups is 1. The van der Waals surface area contributed by atoms with Gasteiger partial charge >= 0.3 is 0 Å². The molecule has 82 valence electrons. The fraction of sp³-hybridized carbons (Fsp3) is 0.231. The van der Waals surface area contributed by atoms with Crippen molar-refractivity contribution in [1.29, 1.82) is 0 Å². The molecule has 0 fully saturated rings.